The molecule has 7 heteroatoms. The van der Waals surface area contributed by atoms with Crippen molar-refractivity contribution in [1.82, 2.24) is 10.3 Å². The maximum atomic E-state index is 12.9. The molecule has 1 amide bonds. The molecule has 0 saturated carbocycles. The van der Waals surface area contributed by atoms with Crippen LogP contribution in [0.2, 0.25) is 0 Å². The number of nitrogens with one attached hydrogen (secondary N) is 1. The SMILES string of the molecule is COC(=O)[C@H](Cc1cccnc1OC)NC(=O)c1ccc(F)cc1. The van der Waals surface area contributed by atoms with Crippen LogP contribution in [0.1, 0.15) is 15.9 Å². The average molecular weight is 332 g/mol. The van der Waals surface area contributed by atoms with E-state index >= 15 is 0 Å². The van der Waals surface area contributed by atoms with Crippen LogP contribution in [0.15, 0.2) is 42.6 Å². The molecule has 2 rings (SSSR count). The molecule has 0 aliphatic rings. The molecule has 0 saturated heterocycles. The normalized spacial score (nSPS) is 11.5. The largest absolute Gasteiger partial charge is 0.481 e. The van der Waals surface area contributed by atoms with Crippen molar-refractivity contribution >= 4 is 11.9 Å². The second-order valence-corrected chi connectivity index (χ2v) is 4.93. The van der Waals surface area contributed by atoms with Gasteiger partial charge in [0.2, 0.25) is 5.88 Å². The van der Waals surface area contributed by atoms with Crippen molar-refractivity contribution in [2.75, 3.05) is 14.2 Å². The van der Waals surface area contributed by atoms with Crippen molar-refractivity contribution in [3.05, 3.63) is 59.5 Å². The molecular weight excluding hydrogens is 315 g/mol. The molecule has 0 unspecified atom stereocenters. The molecular formula is C17H17FN2O4. The third kappa shape index (κ3) is 4.28. The number of hydrogen-bond acceptors (Lipinski definition) is 5. The van der Waals surface area contributed by atoms with Crippen LogP contribution in [0.4, 0.5) is 4.39 Å². The topological polar surface area (TPSA) is 77.5 Å². The summed E-state index contributed by atoms with van der Waals surface area (Å²) in [5, 5.41) is 2.58. The number of amides is 1. The minimum atomic E-state index is -0.925. The summed E-state index contributed by atoms with van der Waals surface area (Å²) in [4.78, 5) is 28.3. The van der Waals surface area contributed by atoms with Gasteiger partial charge in [-0.1, -0.05) is 6.07 Å². The molecule has 1 N–H and O–H groups in total. The van der Waals surface area contributed by atoms with Gasteiger partial charge in [-0.05, 0) is 30.3 Å². The van der Waals surface area contributed by atoms with E-state index in [0.29, 0.717) is 11.4 Å². The fourth-order valence-electron chi connectivity index (χ4n) is 2.16. The fourth-order valence-corrected chi connectivity index (χ4v) is 2.16. The van der Waals surface area contributed by atoms with Gasteiger partial charge in [0.1, 0.15) is 11.9 Å². The second kappa shape index (κ2) is 8.05. The number of carbonyl (C=O) groups excluding carboxylic acids is 2. The predicted molar refractivity (Wildman–Crippen MR) is 84.2 cm³/mol. The van der Waals surface area contributed by atoms with Gasteiger partial charge in [-0.25, -0.2) is 14.2 Å². The molecule has 1 aromatic carbocycles. The zero-order chi connectivity index (χ0) is 17.5. The van der Waals surface area contributed by atoms with Crippen LogP contribution < -0.4 is 10.1 Å². The highest BCUT2D eigenvalue weighted by atomic mass is 19.1. The molecule has 2 aromatic rings. The Bertz CT molecular complexity index is 719. The van der Waals surface area contributed by atoms with Gasteiger partial charge in [0.15, 0.2) is 0 Å². The molecule has 0 fully saturated rings. The lowest BCUT2D eigenvalue weighted by Crippen LogP contribution is -2.43. The molecule has 0 bridgehead atoms. The number of esters is 1. The van der Waals surface area contributed by atoms with E-state index in [9.17, 15) is 14.0 Å². The average Bonchev–Trinajstić information content (AvgIpc) is 2.61. The lowest BCUT2D eigenvalue weighted by atomic mass is 10.1. The van der Waals surface area contributed by atoms with E-state index < -0.39 is 23.7 Å². The smallest absolute Gasteiger partial charge is 0.328 e. The van der Waals surface area contributed by atoms with Gasteiger partial charge in [0.25, 0.3) is 5.91 Å². The van der Waals surface area contributed by atoms with Crippen LogP contribution in [0.25, 0.3) is 0 Å². The number of ether oxygens (including phenoxy) is 2. The van der Waals surface area contributed by atoms with Gasteiger partial charge >= 0.3 is 5.97 Å². The van der Waals surface area contributed by atoms with Crippen LogP contribution in [0.3, 0.4) is 0 Å². The molecule has 0 spiro atoms. The van der Waals surface area contributed by atoms with Crippen molar-refractivity contribution in [3.63, 3.8) is 0 Å². The van der Waals surface area contributed by atoms with Gasteiger partial charge in [-0.3, -0.25) is 4.79 Å². The van der Waals surface area contributed by atoms with Crippen LogP contribution in [0.5, 0.6) is 5.88 Å². The summed E-state index contributed by atoms with van der Waals surface area (Å²) >= 11 is 0. The molecule has 0 aliphatic heterocycles. The summed E-state index contributed by atoms with van der Waals surface area (Å²) in [6.07, 6.45) is 1.71. The Morgan fingerprint density at radius 1 is 1.21 bits per heavy atom. The summed E-state index contributed by atoms with van der Waals surface area (Å²) in [6.45, 7) is 0. The zero-order valence-corrected chi connectivity index (χ0v) is 13.3. The first-order valence-corrected chi connectivity index (χ1v) is 7.17. The number of aromatic nitrogens is 1. The van der Waals surface area contributed by atoms with E-state index in [0.717, 1.165) is 0 Å². The Hall–Kier alpha value is -2.96. The monoisotopic (exact) mass is 332 g/mol. The summed E-state index contributed by atoms with van der Waals surface area (Å²) in [7, 11) is 2.70. The number of carbonyl (C=O) groups is 2. The van der Waals surface area contributed by atoms with E-state index in [4.69, 9.17) is 9.47 Å². The van der Waals surface area contributed by atoms with Crippen LogP contribution in [-0.4, -0.2) is 37.1 Å². The number of hydrogen-bond donors (Lipinski definition) is 1. The van der Waals surface area contributed by atoms with E-state index in [-0.39, 0.29) is 12.0 Å². The first-order valence-electron chi connectivity index (χ1n) is 7.17. The van der Waals surface area contributed by atoms with Gasteiger partial charge in [0.05, 0.1) is 14.2 Å². The Balaban J connectivity index is 2.18. The van der Waals surface area contributed by atoms with Gasteiger partial charge in [-0.2, -0.15) is 0 Å². The Morgan fingerprint density at radius 3 is 2.54 bits per heavy atom. The number of nitrogens with zero attached hydrogens (tertiary/aromatic N) is 1. The highest BCUT2D eigenvalue weighted by molar-refractivity contribution is 5.96. The number of benzene rings is 1. The Labute approximate surface area is 138 Å². The third-order valence-corrected chi connectivity index (χ3v) is 3.36. The fraction of sp³-hybridized carbons (Fsp3) is 0.235. The van der Waals surface area contributed by atoms with E-state index in [1.165, 1.54) is 38.5 Å². The van der Waals surface area contributed by atoms with Crippen molar-refractivity contribution in [3.8, 4) is 5.88 Å². The van der Waals surface area contributed by atoms with Crippen LogP contribution in [-0.2, 0) is 16.0 Å². The minimum Gasteiger partial charge on any atom is -0.481 e. The maximum absolute atomic E-state index is 12.9. The molecule has 0 radical (unpaired) electrons. The van der Waals surface area contributed by atoms with Gasteiger partial charge < -0.3 is 14.8 Å². The molecule has 0 aliphatic carbocycles. The van der Waals surface area contributed by atoms with Crippen molar-refractivity contribution < 1.29 is 23.5 Å². The lowest BCUT2D eigenvalue weighted by molar-refractivity contribution is -0.142. The summed E-state index contributed by atoms with van der Waals surface area (Å²) in [5.74, 6) is -1.19. The van der Waals surface area contributed by atoms with E-state index in [1.807, 2.05) is 0 Å². The molecule has 1 heterocycles. The van der Waals surface area contributed by atoms with E-state index in [2.05, 4.69) is 10.3 Å². The van der Waals surface area contributed by atoms with Crippen LogP contribution in [0, 0.1) is 5.82 Å². The highest BCUT2D eigenvalue weighted by Crippen LogP contribution is 2.16. The lowest BCUT2D eigenvalue weighted by Gasteiger charge is -2.17. The molecule has 6 nitrogen and oxygen atoms in total. The Morgan fingerprint density at radius 2 is 1.92 bits per heavy atom. The predicted octanol–water partition coefficient (Wildman–Crippen LogP) is 1.74. The van der Waals surface area contributed by atoms with Crippen molar-refractivity contribution in [1.29, 1.82) is 0 Å². The molecule has 1 aromatic heterocycles. The number of rotatable bonds is 6. The summed E-state index contributed by atoms with van der Waals surface area (Å²) in [6, 6.07) is 7.54. The van der Waals surface area contributed by atoms with Crippen LogP contribution >= 0.6 is 0 Å². The maximum Gasteiger partial charge on any atom is 0.328 e. The summed E-state index contributed by atoms with van der Waals surface area (Å²) in [5.41, 5.74) is 0.887. The summed E-state index contributed by atoms with van der Waals surface area (Å²) < 4.78 is 22.8. The number of halogens is 1. The molecule has 126 valence electrons. The molecule has 1 atom stereocenters. The van der Waals surface area contributed by atoms with Crippen molar-refractivity contribution in [2.45, 2.75) is 12.5 Å². The highest BCUT2D eigenvalue weighted by Gasteiger charge is 2.24. The van der Waals surface area contributed by atoms with Crippen molar-refractivity contribution in [2.24, 2.45) is 0 Å². The Kier molecular flexibility index (Phi) is 5.83. The van der Waals surface area contributed by atoms with Gasteiger partial charge in [0, 0.05) is 23.7 Å². The standard InChI is InChI=1S/C17H17FN2O4/c1-23-16-12(4-3-9-19-16)10-14(17(22)24-2)20-15(21)11-5-7-13(18)8-6-11/h3-9,14H,10H2,1-2H3,(H,20,21)/t14-/m0/s1. The first kappa shape index (κ1) is 17.4. The minimum absolute atomic E-state index is 0.149. The number of pyridine rings is 1. The van der Waals surface area contributed by atoms with Gasteiger partial charge in [-0.15, -0.1) is 0 Å². The third-order valence-electron chi connectivity index (χ3n) is 3.36. The van der Waals surface area contributed by atoms with E-state index in [1.54, 1.807) is 18.3 Å². The second-order valence-electron chi connectivity index (χ2n) is 4.93. The first-order chi connectivity index (χ1) is 11.5. The zero-order valence-electron chi connectivity index (χ0n) is 13.3. The number of methoxy groups -OCH3 is 2. The quantitative estimate of drug-likeness (QED) is 0.816. The molecule has 24 heavy (non-hydrogen) atoms.